The van der Waals surface area contributed by atoms with Crippen LogP contribution < -0.4 is 20.1 Å². The van der Waals surface area contributed by atoms with Crippen LogP contribution in [0.4, 0.5) is 0 Å². The maximum absolute atomic E-state index is 6.12. The van der Waals surface area contributed by atoms with E-state index >= 15 is 0 Å². The number of fused-ring (bicyclic) bond motifs is 1. The van der Waals surface area contributed by atoms with E-state index in [0.29, 0.717) is 18.3 Å². The third-order valence-electron chi connectivity index (χ3n) is 5.21. The number of hydrogen-bond donors (Lipinski definition) is 3. The molecule has 31 heavy (non-hydrogen) atoms. The van der Waals surface area contributed by atoms with Gasteiger partial charge in [-0.2, -0.15) is 5.10 Å². The molecule has 0 saturated carbocycles. The molecule has 8 nitrogen and oxygen atoms in total. The number of aliphatic imine (C=N–C) groups is 1. The van der Waals surface area contributed by atoms with Gasteiger partial charge in [0.25, 0.3) is 0 Å². The molecule has 162 valence electrons. The van der Waals surface area contributed by atoms with Gasteiger partial charge in [0.1, 0.15) is 22.9 Å². The summed E-state index contributed by atoms with van der Waals surface area (Å²) < 4.78 is 11.3. The van der Waals surface area contributed by atoms with Gasteiger partial charge in [0, 0.05) is 24.6 Å². The lowest BCUT2D eigenvalue weighted by atomic mass is 9.90. The average Bonchev–Trinajstić information content (AvgIpc) is 3.25. The second-order valence-corrected chi connectivity index (χ2v) is 8.06. The zero-order valence-corrected chi connectivity index (χ0v) is 18.3. The predicted octanol–water partition coefficient (Wildman–Crippen LogP) is 3.45. The van der Waals surface area contributed by atoms with Gasteiger partial charge in [0.2, 0.25) is 0 Å². The third kappa shape index (κ3) is 4.79. The molecule has 0 spiro atoms. The van der Waals surface area contributed by atoms with Gasteiger partial charge in [-0.15, -0.1) is 0 Å². The molecule has 2 aromatic carbocycles. The number of nitrogens with one attached hydrogen (secondary N) is 3. The van der Waals surface area contributed by atoms with Crippen LogP contribution in [0.3, 0.4) is 0 Å². The van der Waals surface area contributed by atoms with Crippen molar-refractivity contribution >= 4 is 5.96 Å². The summed E-state index contributed by atoms with van der Waals surface area (Å²) in [6.07, 6.45) is 0.828. The van der Waals surface area contributed by atoms with Gasteiger partial charge in [-0.25, -0.2) is 4.98 Å². The molecular weight excluding hydrogens is 392 g/mol. The molecule has 3 N–H and O–H groups in total. The minimum atomic E-state index is -0.261. The number of aromatic nitrogens is 3. The number of para-hydroxylation sites is 1. The predicted molar refractivity (Wildman–Crippen MR) is 120 cm³/mol. The van der Waals surface area contributed by atoms with Gasteiger partial charge in [-0.3, -0.25) is 10.1 Å². The van der Waals surface area contributed by atoms with E-state index in [1.54, 1.807) is 14.2 Å². The van der Waals surface area contributed by atoms with Crippen LogP contribution in [0.1, 0.15) is 37.7 Å². The van der Waals surface area contributed by atoms with Crippen molar-refractivity contribution in [2.24, 2.45) is 4.99 Å². The number of ether oxygens (including phenoxy) is 2. The number of rotatable bonds is 5. The summed E-state index contributed by atoms with van der Waals surface area (Å²) in [5, 5.41) is 14.1. The molecule has 1 aliphatic heterocycles. The highest BCUT2D eigenvalue weighted by atomic mass is 16.5. The van der Waals surface area contributed by atoms with Gasteiger partial charge in [-0.1, -0.05) is 18.2 Å². The summed E-state index contributed by atoms with van der Waals surface area (Å²) in [5.74, 6) is 3.77. The summed E-state index contributed by atoms with van der Waals surface area (Å²) >= 11 is 0. The fourth-order valence-electron chi connectivity index (χ4n) is 3.70. The van der Waals surface area contributed by atoms with Crippen LogP contribution in [-0.4, -0.2) is 40.9 Å². The first-order valence-electron chi connectivity index (χ1n) is 10.3. The molecule has 3 aromatic rings. The van der Waals surface area contributed by atoms with Gasteiger partial charge in [-0.05, 0) is 44.2 Å². The van der Waals surface area contributed by atoms with Crippen LogP contribution in [-0.2, 0) is 6.54 Å². The number of aromatic amines is 1. The summed E-state index contributed by atoms with van der Waals surface area (Å²) in [7, 11) is 3.40. The summed E-state index contributed by atoms with van der Waals surface area (Å²) in [6, 6.07) is 15.9. The van der Waals surface area contributed by atoms with E-state index < -0.39 is 0 Å². The SMILES string of the molecule is CN=C(NCc1nc(-c2ccc(OC)cc2)n[nH]1)NC1CC(C)(C)Oc2ccccc21. The maximum Gasteiger partial charge on any atom is 0.191 e. The zero-order valence-electron chi connectivity index (χ0n) is 18.3. The fourth-order valence-corrected chi connectivity index (χ4v) is 3.70. The van der Waals surface area contributed by atoms with Crippen LogP contribution in [0, 0.1) is 0 Å². The molecule has 1 unspecified atom stereocenters. The average molecular weight is 421 g/mol. The highest BCUT2D eigenvalue weighted by molar-refractivity contribution is 5.80. The van der Waals surface area contributed by atoms with Gasteiger partial charge in [0.05, 0.1) is 19.7 Å². The summed E-state index contributed by atoms with van der Waals surface area (Å²) in [4.78, 5) is 8.95. The molecule has 0 amide bonds. The number of benzene rings is 2. The van der Waals surface area contributed by atoms with E-state index in [0.717, 1.165) is 34.9 Å². The molecule has 0 saturated heterocycles. The molecule has 0 bridgehead atoms. The second-order valence-electron chi connectivity index (χ2n) is 8.06. The van der Waals surface area contributed by atoms with Crippen LogP contribution in [0.15, 0.2) is 53.5 Å². The first-order valence-corrected chi connectivity index (χ1v) is 10.3. The monoisotopic (exact) mass is 420 g/mol. The van der Waals surface area contributed by atoms with Gasteiger partial charge >= 0.3 is 0 Å². The Morgan fingerprint density at radius 1 is 1.23 bits per heavy atom. The number of hydrogen-bond acceptors (Lipinski definition) is 5. The van der Waals surface area contributed by atoms with Crippen molar-refractivity contribution in [3.8, 4) is 22.9 Å². The Kier molecular flexibility index (Phi) is 5.79. The van der Waals surface area contributed by atoms with Crippen LogP contribution >= 0.6 is 0 Å². The molecule has 2 heterocycles. The minimum Gasteiger partial charge on any atom is -0.497 e. The zero-order chi connectivity index (χ0) is 21.8. The van der Waals surface area contributed by atoms with E-state index in [4.69, 9.17) is 9.47 Å². The van der Waals surface area contributed by atoms with Crippen molar-refractivity contribution in [2.45, 2.75) is 38.5 Å². The topological polar surface area (TPSA) is 96.5 Å². The Balaban J connectivity index is 1.41. The first-order chi connectivity index (χ1) is 15.0. The van der Waals surface area contributed by atoms with Crippen molar-refractivity contribution in [1.82, 2.24) is 25.8 Å². The summed E-state index contributed by atoms with van der Waals surface area (Å²) in [6.45, 7) is 4.67. The normalized spacial score (nSPS) is 17.4. The lowest BCUT2D eigenvalue weighted by Gasteiger charge is -2.38. The Morgan fingerprint density at radius 3 is 2.74 bits per heavy atom. The van der Waals surface area contributed by atoms with E-state index in [1.165, 1.54) is 0 Å². The molecule has 0 fully saturated rings. The first kappa shape index (κ1) is 20.7. The second kappa shape index (κ2) is 8.67. The van der Waals surface area contributed by atoms with Gasteiger partial charge < -0.3 is 20.1 Å². The smallest absolute Gasteiger partial charge is 0.191 e. The van der Waals surface area contributed by atoms with E-state index in [-0.39, 0.29) is 11.6 Å². The fraction of sp³-hybridized carbons (Fsp3) is 0.348. The van der Waals surface area contributed by atoms with Gasteiger partial charge in [0.15, 0.2) is 11.8 Å². The van der Waals surface area contributed by atoms with E-state index in [1.807, 2.05) is 42.5 Å². The highest BCUT2D eigenvalue weighted by Crippen LogP contribution is 2.39. The Morgan fingerprint density at radius 2 is 2.00 bits per heavy atom. The van der Waals surface area contributed by atoms with Crippen molar-refractivity contribution < 1.29 is 9.47 Å². The number of nitrogens with zero attached hydrogens (tertiary/aromatic N) is 3. The molecule has 1 aromatic heterocycles. The molecule has 4 rings (SSSR count). The van der Waals surface area contributed by atoms with Crippen molar-refractivity contribution in [2.75, 3.05) is 14.2 Å². The molecular formula is C23H28N6O2. The quantitative estimate of drug-likeness (QED) is 0.432. The molecule has 0 aliphatic carbocycles. The van der Waals surface area contributed by atoms with Crippen molar-refractivity contribution in [3.63, 3.8) is 0 Å². The van der Waals surface area contributed by atoms with Crippen LogP contribution in [0.5, 0.6) is 11.5 Å². The highest BCUT2D eigenvalue weighted by Gasteiger charge is 2.33. The maximum atomic E-state index is 6.12. The number of guanidine groups is 1. The molecule has 0 radical (unpaired) electrons. The van der Waals surface area contributed by atoms with Crippen LogP contribution in [0.25, 0.3) is 11.4 Å². The van der Waals surface area contributed by atoms with E-state index in [2.05, 4.69) is 50.7 Å². The molecule has 1 atom stereocenters. The Bertz CT molecular complexity index is 1060. The van der Waals surface area contributed by atoms with E-state index in [9.17, 15) is 0 Å². The molecule has 1 aliphatic rings. The standard InChI is InChI=1S/C23H28N6O2/c1-23(2)13-18(17-7-5-6-8-19(17)31-23)26-22(24-3)25-14-20-27-21(29-28-20)15-9-11-16(30-4)12-10-15/h5-12,18H,13-14H2,1-4H3,(H2,24,25,26)(H,27,28,29). The lowest BCUT2D eigenvalue weighted by molar-refractivity contribution is 0.0694. The third-order valence-corrected chi connectivity index (χ3v) is 5.21. The number of H-pyrrole nitrogens is 1. The van der Waals surface area contributed by atoms with Crippen molar-refractivity contribution in [1.29, 1.82) is 0 Å². The molecule has 8 heteroatoms. The Labute approximate surface area is 182 Å². The largest absolute Gasteiger partial charge is 0.497 e. The summed E-state index contributed by atoms with van der Waals surface area (Å²) in [5.41, 5.74) is 1.79. The van der Waals surface area contributed by atoms with Crippen molar-refractivity contribution in [3.05, 3.63) is 59.9 Å². The lowest BCUT2D eigenvalue weighted by Crippen LogP contribution is -2.45. The van der Waals surface area contributed by atoms with Crippen LogP contribution in [0.2, 0.25) is 0 Å². The minimum absolute atomic E-state index is 0.0933. The Hall–Kier alpha value is -3.55. The number of methoxy groups -OCH3 is 1.